The highest BCUT2D eigenvalue weighted by atomic mass is 16.5. The number of nitrogens with two attached hydrogens (primary N) is 1. The SMILES string of the molecule is COc1nc(C(C)N)nc2c1CCOC2. The molecule has 0 fully saturated rings. The summed E-state index contributed by atoms with van der Waals surface area (Å²) in [5.41, 5.74) is 7.70. The molecule has 1 unspecified atom stereocenters. The van der Waals surface area contributed by atoms with Gasteiger partial charge in [0.25, 0.3) is 0 Å². The number of ether oxygens (including phenoxy) is 2. The predicted octanol–water partition coefficient (Wildman–Crippen LogP) is 0.578. The molecule has 15 heavy (non-hydrogen) atoms. The Morgan fingerprint density at radius 2 is 2.27 bits per heavy atom. The summed E-state index contributed by atoms with van der Waals surface area (Å²) in [4.78, 5) is 8.67. The van der Waals surface area contributed by atoms with Crippen LogP contribution in [0.15, 0.2) is 0 Å². The van der Waals surface area contributed by atoms with E-state index in [1.807, 2.05) is 6.92 Å². The summed E-state index contributed by atoms with van der Waals surface area (Å²) in [6.45, 7) is 3.07. The minimum atomic E-state index is -0.189. The molecule has 1 atom stereocenters. The molecule has 2 rings (SSSR count). The van der Waals surface area contributed by atoms with E-state index in [0.717, 1.165) is 17.7 Å². The normalized spacial score (nSPS) is 17.0. The Kier molecular flexibility index (Phi) is 2.83. The van der Waals surface area contributed by atoms with Crippen LogP contribution in [0.1, 0.15) is 30.0 Å². The fraction of sp³-hybridized carbons (Fsp3) is 0.600. The number of hydrogen-bond acceptors (Lipinski definition) is 5. The van der Waals surface area contributed by atoms with Crippen molar-refractivity contribution < 1.29 is 9.47 Å². The quantitative estimate of drug-likeness (QED) is 0.771. The van der Waals surface area contributed by atoms with Gasteiger partial charge in [0, 0.05) is 12.0 Å². The smallest absolute Gasteiger partial charge is 0.220 e. The molecule has 1 aliphatic rings. The van der Waals surface area contributed by atoms with Gasteiger partial charge in [0.1, 0.15) is 5.82 Å². The third-order valence-corrected chi connectivity index (χ3v) is 2.41. The Bertz CT molecular complexity index is 349. The van der Waals surface area contributed by atoms with Gasteiger partial charge in [0.15, 0.2) is 0 Å². The highest BCUT2D eigenvalue weighted by Gasteiger charge is 2.19. The van der Waals surface area contributed by atoms with E-state index in [9.17, 15) is 0 Å². The number of fused-ring (bicyclic) bond motifs is 1. The van der Waals surface area contributed by atoms with Crippen molar-refractivity contribution in [2.45, 2.75) is 26.0 Å². The highest BCUT2D eigenvalue weighted by molar-refractivity contribution is 5.32. The molecule has 0 bridgehead atoms. The Hall–Kier alpha value is -1.20. The van der Waals surface area contributed by atoms with Crippen LogP contribution in [-0.4, -0.2) is 23.7 Å². The summed E-state index contributed by atoms with van der Waals surface area (Å²) >= 11 is 0. The second-order valence-electron chi connectivity index (χ2n) is 3.61. The summed E-state index contributed by atoms with van der Waals surface area (Å²) in [5.74, 6) is 1.24. The van der Waals surface area contributed by atoms with Crippen molar-refractivity contribution in [3.63, 3.8) is 0 Å². The van der Waals surface area contributed by atoms with Crippen LogP contribution in [0.4, 0.5) is 0 Å². The van der Waals surface area contributed by atoms with Crippen molar-refractivity contribution in [3.8, 4) is 5.88 Å². The van der Waals surface area contributed by atoms with Gasteiger partial charge in [0.05, 0.1) is 32.1 Å². The summed E-state index contributed by atoms with van der Waals surface area (Å²) < 4.78 is 10.6. The average Bonchev–Trinajstić information content (AvgIpc) is 2.27. The van der Waals surface area contributed by atoms with Gasteiger partial charge in [-0.2, -0.15) is 4.98 Å². The van der Waals surface area contributed by atoms with Crippen molar-refractivity contribution in [1.29, 1.82) is 0 Å². The van der Waals surface area contributed by atoms with Gasteiger partial charge in [0.2, 0.25) is 5.88 Å². The molecule has 0 amide bonds. The maximum absolute atomic E-state index is 5.75. The zero-order chi connectivity index (χ0) is 10.8. The maximum Gasteiger partial charge on any atom is 0.220 e. The Morgan fingerprint density at radius 1 is 1.47 bits per heavy atom. The average molecular weight is 209 g/mol. The van der Waals surface area contributed by atoms with Crippen LogP contribution in [0.5, 0.6) is 5.88 Å². The lowest BCUT2D eigenvalue weighted by Gasteiger charge is -2.19. The van der Waals surface area contributed by atoms with Crippen molar-refractivity contribution in [2.24, 2.45) is 5.73 Å². The molecular weight excluding hydrogens is 194 g/mol. The van der Waals surface area contributed by atoms with Crippen molar-refractivity contribution in [3.05, 3.63) is 17.1 Å². The molecule has 82 valence electrons. The number of aromatic nitrogens is 2. The third-order valence-electron chi connectivity index (χ3n) is 2.41. The van der Waals surface area contributed by atoms with Crippen LogP contribution in [0.25, 0.3) is 0 Å². The fourth-order valence-corrected chi connectivity index (χ4v) is 1.61. The van der Waals surface area contributed by atoms with Gasteiger partial charge >= 0.3 is 0 Å². The van der Waals surface area contributed by atoms with E-state index in [-0.39, 0.29) is 6.04 Å². The van der Waals surface area contributed by atoms with Gasteiger partial charge in [-0.1, -0.05) is 0 Å². The topological polar surface area (TPSA) is 70.3 Å². The van der Waals surface area contributed by atoms with Crippen LogP contribution in [0.2, 0.25) is 0 Å². The highest BCUT2D eigenvalue weighted by Crippen LogP contribution is 2.24. The lowest BCUT2D eigenvalue weighted by molar-refractivity contribution is 0.105. The lowest BCUT2D eigenvalue weighted by atomic mass is 10.1. The van der Waals surface area contributed by atoms with Gasteiger partial charge in [-0.3, -0.25) is 0 Å². The summed E-state index contributed by atoms with van der Waals surface area (Å²) in [5, 5.41) is 0. The molecule has 1 aromatic heterocycles. The molecule has 5 nitrogen and oxygen atoms in total. The molecule has 0 radical (unpaired) electrons. The van der Waals surface area contributed by atoms with Crippen LogP contribution in [0, 0.1) is 0 Å². The maximum atomic E-state index is 5.75. The van der Waals surface area contributed by atoms with E-state index in [1.165, 1.54) is 0 Å². The Labute approximate surface area is 88.6 Å². The standard InChI is InChI=1S/C10H15N3O2/c1-6(11)9-12-8-5-15-4-3-7(8)10(13-9)14-2/h6H,3-5,11H2,1-2H3. The summed E-state index contributed by atoms with van der Waals surface area (Å²) in [7, 11) is 1.61. The van der Waals surface area contributed by atoms with E-state index in [4.69, 9.17) is 15.2 Å². The Balaban J connectivity index is 2.48. The first-order valence-corrected chi connectivity index (χ1v) is 4.99. The second kappa shape index (κ2) is 4.12. The first kappa shape index (κ1) is 10.3. The molecule has 0 aliphatic carbocycles. The molecule has 0 aromatic carbocycles. The second-order valence-corrected chi connectivity index (χ2v) is 3.61. The number of nitrogens with zero attached hydrogens (tertiary/aromatic N) is 2. The molecular formula is C10H15N3O2. The largest absolute Gasteiger partial charge is 0.481 e. The molecule has 5 heteroatoms. The molecule has 2 N–H and O–H groups in total. The van der Waals surface area contributed by atoms with E-state index >= 15 is 0 Å². The third kappa shape index (κ3) is 1.93. The van der Waals surface area contributed by atoms with Crippen molar-refractivity contribution in [2.75, 3.05) is 13.7 Å². The van der Waals surface area contributed by atoms with Crippen LogP contribution < -0.4 is 10.5 Å². The predicted molar refractivity (Wildman–Crippen MR) is 54.5 cm³/mol. The number of methoxy groups -OCH3 is 1. The van der Waals surface area contributed by atoms with Crippen LogP contribution in [-0.2, 0) is 17.8 Å². The van der Waals surface area contributed by atoms with Gasteiger partial charge in [-0.25, -0.2) is 4.98 Å². The summed E-state index contributed by atoms with van der Waals surface area (Å²) in [6, 6.07) is -0.189. The molecule has 0 saturated heterocycles. The molecule has 0 saturated carbocycles. The monoisotopic (exact) mass is 209 g/mol. The van der Waals surface area contributed by atoms with E-state index in [1.54, 1.807) is 7.11 Å². The molecule has 0 spiro atoms. The van der Waals surface area contributed by atoms with E-state index < -0.39 is 0 Å². The zero-order valence-electron chi connectivity index (χ0n) is 8.99. The van der Waals surface area contributed by atoms with Crippen LogP contribution >= 0.6 is 0 Å². The number of rotatable bonds is 2. The zero-order valence-corrected chi connectivity index (χ0v) is 8.99. The first-order valence-electron chi connectivity index (χ1n) is 4.99. The first-order chi connectivity index (χ1) is 7.22. The van der Waals surface area contributed by atoms with E-state index in [2.05, 4.69) is 9.97 Å². The minimum Gasteiger partial charge on any atom is -0.481 e. The van der Waals surface area contributed by atoms with Crippen molar-refractivity contribution >= 4 is 0 Å². The van der Waals surface area contributed by atoms with Gasteiger partial charge in [-0.15, -0.1) is 0 Å². The Morgan fingerprint density at radius 3 is 2.93 bits per heavy atom. The van der Waals surface area contributed by atoms with E-state index in [0.29, 0.717) is 24.9 Å². The fourth-order valence-electron chi connectivity index (χ4n) is 1.61. The lowest BCUT2D eigenvalue weighted by Crippen LogP contribution is -2.19. The summed E-state index contributed by atoms with van der Waals surface area (Å²) in [6.07, 6.45) is 0.803. The molecule has 1 aliphatic heterocycles. The minimum absolute atomic E-state index is 0.189. The number of hydrogen-bond donors (Lipinski definition) is 1. The van der Waals surface area contributed by atoms with Crippen molar-refractivity contribution in [1.82, 2.24) is 9.97 Å². The van der Waals surface area contributed by atoms with Gasteiger partial charge < -0.3 is 15.2 Å². The van der Waals surface area contributed by atoms with Gasteiger partial charge in [-0.05, 0) is 6.92 Å². The molecule has 1 aromatic rings. The molecule has 2 heterocycles. The van der Waals surface area contributed by atoms with Crippen LogP contribution in [0.3, 0.4) is 0 Å².